The lowest BCUT2D eigenvalue weighted by atomic mass is 10.1. The number of carbonyl (C=O) groups excluding carboxylic acids is 2. The van der Waals surface area contributed by atoms with Crippen LogP contribution in [0.15, 0.2) is 41.8 Å². The van der Waals surface area contributed by atoms with Crippen LogP contribution in [0.25, 0.3) is 0 Å². The third-order valence-electron chi connectivity index (χ3n) is 5.38. The van der Waals surface area contributed by atoms with Crippen LogP contribution in [0, 0.1) is 0 Å². The number of thiazole rings is 1. The maximum absolute atomic E-state index is 13.8. The number of amides is 2. The van der Waals surface area contributed by atoms with Crippen molar-refractivity contribution in [3.63, 3.8) is 0 Å². The molecule has 2 aromatic carbocycles. The Balaban J connectivity index is 2.06. The van der Waals surface area contributed by atoms with Crippen molar-refractivity contribution in [2.45, 2.75) is 6.92 Å². The number of hydrogen-bond donors (Lipinski definition) is 0. The summed E-state index contributed by atoms with van der Waals surface area (Å²) in [6, 6.07) is 9.72. The first-order chi connectivity index (χ1) is 17.2. The van der Waals surface area contributed by atoms with Gasteiger partial charge in [0.05, 0.1) is 30.5 Å². The average Bonchev–Trinajstić information content (AvgIpc) is 3.33. The third-order valence-corrected chi connectivity index (χ3v) is 6.75. The highest BCUT2D eigenvalue weighted by molar-refractivity contribution is 7.14. The van der Waals surface area contributed by atoms with E-state index in [1.165, 1.54) is 36.5 Å². The Labute approximate surface area is 224 Å². The zero-order valence-electron chi connectivity index (χ0n) is 20.7. The molecule has 0 saturated carbocycles. The van der Waals surface area contributed by atoms with Gasteiger partial charge >= 0.3 is 0 Å². The highest BCUT2D eigenvalue weighted by Crippen LogP contribution is 2.37. The third kappa shape index (κ3) is 6.28. The van der Waals surface area contributed by atoms with Crippen LogP contribution in [0.4, 0.5) is 10.8 Å². The average molecular weight is 551 g/mol. The van der Waals surface area contributed by atoms with E-state index < -0.39 is 5.91 Å². The fraction of sp³-hybridized carbons (Fsp3) is 0.320. The van der Waals surface area contributed by atoms with Gasteiger partial charge in [-0.15, -0.1) is 11.3 Å². The number of anilines is 2. The van der Waals surface area contributed by atoms with Gasteiger partial charge in [0.2, 0.25) is 0 Å². The lowest BCUT2D eigenvalue weighted by molar-refractivity contribution is 0.0748. The molecule has 11 heteroatoms. The summed E-state index contributed by atoms with van der Waals surface area (Å²) < 4.78 is 10.8. The number of halogens is 2. The molecule has 0 N–H and O–H groups in total. The molecular weight excluding hydrogens is 523 g/mol. The number of nitrogens with zero attached hydrogens (tertiary/aromatic N) is 4. The predicted octanol–water partition coefficient (Wildman–Crippen LogP) is 5.47. The molecule has 0 unspecified atom stereocenters. The monoisotopic (exact) mass is 550 g/mol. The van der Waals surface area contributed by atoms with Crippen molar-refractivity contribution in [3.05, 3.63) is 63.1 Å². The second-order valence-electron chi connectivity index (χ2n) is 8.01. The van der Waals surface area contributed by atoms with E-state index in [0.717, 1.165) is 6.54 Å². The molecule has 0 aliphatic rings. The fourth-order valence-corrected chi connectivity index (χ4v) is 4.72. The van der Waals surface area contributed by atoms with Crippen molar-refractivity contribution in [1.29, 1.82) is 0 Å². The number of carbonyl (C=O) groups is 2. The topological polar surface area (TPSA) is 75.2 Å². The number of rotatable bonds is 10. The summed E-state index contributed by atoms with van der Waals surface area (Å²) >= 11 is 13.6. The fourth-order valence-electron chi connectivity index (χ4n) is 3.41. The van der Waals surface area contributed by atoms with E-state index in [9.17, 15) is 9.59 Å². The largest absolute Gasteiger partial charge is 0.493 e. The molecule has 1 heterocycles. The van der Waals surface area contributed by atoms with Crippen LogP contribution in [0.5, 0.6) is 11.5 Å². The molecule has 0 aliphatic carbocycles. The highest BCUT2D eigenvalue weighted by atomic mass is 35.5. The minimum absolute atomic E-state index is 0.201. The van der Waals surface area contributed by atoms with Crippen LogP contribution < -0.4 is 14.4 Å². The molecule has 0 fully saturated rings. The molecule has 1 aromatic heterocycles. The van der Waals surface area contributed by atoms with Gasteiger partial charge in [0.15, 0.2) is 16.6 Å². The first kappa shape index (κ1) is 27.7. The van der Waals surface area contributed by atoms with Gasteiger partial charge in [0.25, 0.3) is 11.8 Å². The van der Waals surface area contributed by atoms with E-state index in [4.69, 9.17) is 32.7 Å². The minimum Gasteiger partial charge on any atom is -0.493 e. The molecule has 36 heavy (non-hydrogen) atoms. The lowest BCUT2D eigenvalue weighted by Crippen LogP contribution is -2.36. The summed E-state index contributed by atoms with van der Waals surface area (Å²) in [5.74, 6) is 0.305. The Bertz CT molecular complexity index is 1230. The van der Waals surface area contributed by atoms with E-state index in [0.29, 0.717) is 40.4 Å². The maximum atomic E-state index is 13.8. The van der Waals surface area contributed by atoms with E-state index in [1.54, 1.807) is 40.6 Å². The molecule has 3 rings (SSSR count). The molecule has 192 valence electrons. The first-order valence-electron chi connectivity index (χ1n) is 11.1. The van der Waals surface area contributed by atoms with E-state index in [-0.39, 0.29) is 22.2 Å². The summed E-state index contributed by atoms with van der Waals surface area (Å²) in [5, 5.41) is 2.58. The smallest absolute Gasteiger partial charge is 0.273 e. The normalized spacial score (nSPS) is 10.9. The van der Waals surface area contributed by atoms with Crippen molar-refractivity contribution in [3.8, 4) is 11.5 Å². The second kappa shape index (κ2) is 12.4. The van der Waals surface area contributed by atoms with Gasteiger partial charge in [0, 0.05) is 36.1 Å². The molecular formula is C25H28Cl2N4O4S. The second-order valence-corrected chi connectivity index (χ2v) is 9.69. The Morgan fingerprint density at radius 2 is 1.69 bits per heavy atom. The molecule has 0 saturated heterocycles. The van der Waals surface area contributed by atoms with Crippen LogP contribution in [0.1, 0.15) is 27.8 Å². The SMILES string of the molecule is CCN(CCN(C)C)C(=O)c1csc(N(C(=O)c2ccc(Cl)cc2Cl)c2ccc(OC)c(OC)c2)n1. The van der Waals surface area contributed by atoms with Gasteiger partial charge in [-0.2, -0.15) is 0 Å². The number of methoxy groups -OCH3 is 2. The number of ether oxygens (including phenoxy) is 2. The summed E-state index contributed by atoms with van der Waals surface area (Å²) in [5.41, 5.74) is 0.966. The Kier molecular flexibility index (Phi) is 9.56. The number of benzene rings is 2. The van der Waals surface area contributed by atoms with Crippen molar-refractivity contribution in [2.24, 2.45) is 0 Å². The summed E-state index contributed by atoms with van der Waals surface area (Å²) in [6.07, 6.45) is 0. The van der Waals surface area contributed by atoms with Crippen LogP contribution in [-0.2, 0) is 0 Å². The molecule has 0 spiro atoms. The molecule has 0 radical (unpaired) electrons. The zero-order valence-corrected chi connectivity index (χ0v) is 23.1. The number of likely N-dealkylation sites (N-methyl/N-ethyl adjacent to an activating group) is 2. The summed E-state index contributed by atoms with van der Waals surface area (Å²) in [4.78, 5) is 36.6. The number of aromatic nitrogens is 1. The molecule has 0 atom stereocenters. The molecule has 8 nitrogen and oxygen atoms in total. The van der Waals surface area contributed by atoms with Crippen molar-refractivity contribution in [1.82, 2.24) is 14.8 Å². The lowest BCUT2D eigenvalue weighted by Gasteiger charge is -2.23. The Morgan fingerprint density at radius 1 is 0.972 bits per heavy atom. The summed E-state index contributed by atoms with van der Waals surface area (Å²) in [7, 11) is 6.95. The van der Waals surface area contributed by atoms with E-state index in [1.807, 2.05) is 25.9 Å². The van der Waals surface area contributed by atoms with Gasteiger partial charge < -0.3 is 19.3 Å². The van der Waals surface area contributed by atoms with Gasteiger partial charge in [-0.1, -0.05) is 23.2 Å². The van der Waals surface area contributed by atoms with E-state index in [2.05, 4.69) is 4.98 Å². The number of hydrogen-bond acceptors (Lipinski definition) is 7. The van der Waals surface area contributed by atoms with Crippen molar-refractivity contribution < 1.29 is 19.1 Å². The van der Waals surface area contributed by atoms with Crippen LogP contribution in [-0.4, -0.2) is 74.5 Å². The maximum Gasteiger partial charge on any atom is 0.273 e. The van der Waals surface area contributed by atoms with Gasteiger partial charge in [-0.25, -0.2) is 4.98 Å². The Hall–Kier alpha value is -2.85. The molecule has 0 bridgehead atoms. The van der Waals surface area contributed by atoms with Crippen molar-refractivity contribution >= 4 is 57.2 Å². The van der Waals surface area contributed by atoms with Crippen LogP contribution in [0.3, 0.4) is 0 Å². The molecule has 3 aromatic rings. The Morgan fingerprint density at radius 3 is 2.31 bits per heavy atom. The van der Waals surface area contributed by atoms with Gasteiger partial charge in [0.1, 0.15) is 5.69 Å². The van der Waals surface area contributed by atoms with Crippen LogP contribution >= 0.6 is 34.5 Å². The quantitative estimate of drug-likeness (QED) is 0.333. The predicted molar refractivity (Wildman–Crippen MR) is 145 cm³/mol. The van der Waals surface area contributed by atoms with Gasteiger partial charge in [-0.05, 0) is 51.4 Å². The minimum atomic E-state index is -0.433. The molecule has 0 aliphatic heterocycles. The van der Waals surface area contributed by atoms with Crippen molar-refractivity contribution in [2.75, 3.05) is 52.8 Å². The first-order valence-corrected chi connectivity index (χ1v) is 12.7. The van der Waals surface area contributed by atoms with E-state index >= 15 is 0 Å². The van der Waals surface area contributed by atoms with Crippen LogP contribution in [0.2, 0.25) is 10.0 Å². The molecule has 2 amide bonds. The standard InChI is InChI=1S/C25H28Cl2N4O4S/c1-6-30(12-11-29(2)3)24(33)20-15-36-25(28-20)31(17-8-10-21(34-4)22(14-17)35-5)23(32)18-9-7-16(26)13-19(18)27/h7-10,13-15H,6,11-12H2,1-5H3. The zero-order chi connectivity index (χ0) is 26.4. The summed E-state index contributed by atoms with van der Waals surface area (Å²) in [6.45, 7) is 3.75. The van der Waals surface area contributed by atoms with Gasteiger partial charge in [-0.3, -0.25) is 14.5 Å². The highest BCUT2D eigenvalue weighted by Gasteiger charge is 2.27.